The third-order valence-corrected chi connectivity index (χ3v) is 10.7. The molecule has 0 radical (unpaired) electrons. The molecule has 2 N–H and O–H groups in total. The molecule has 3 heterocycles. The highest BCUT2D eigenvalue weighted by atomic mass is 79.9. The van der Waals surface area contributed by atoms with E-state index in [1.54, 1.807) is 0 Å². The zero-order valence-electron chi connectivity index (χ0n) is 24.7. The van der Waals surface area contributed by atoms with E-state index in [1.165, 1.54) is 11.8 Å². The minimum absolute atomic E-state index is 0.0516. The number of halogens is 2. The summed E-state index contributed by atoms with van der Waals surface area (Å²) in [5, 5.41) is 4.84. The van der Waals surface area contributed by atoms with Crippen molar-refractivity contribution < 1.29 is 14.3 Å². The number of nitrogens with zero attached hydrogens (tertiary/aromatic N) is 2. The van der Waals surface area contributed by atoms with Crippen LogP contribution in [0.15, 0.2) is 82.3 Å². The van der Waals surface area contributed by atoms with Gasteiger partial charge in [0, 0.05) is 63.2 Å². The molecule has 2 amide bonds. The Morgan fingerprint density at radius 3 is 2.61 bits per heavy atom. The van der Waals surface area contributed by atoms with Gasteiger partial charge >= 0.3 is 0 Å². The zero-order valence-corrected chi connectivity index (χ0v) is 27.8. The fraction of sp³-hybridized carbons (Fsp3) is 0.353. The van der Waals surface area contributed by atoms with Crippen molar-refractivity contribution in [3.05, 3.63) is 99.1 Å². The number of rotatable bonds is 10. The Hall–Kier alpha value is -2.82. The molecule has 0 spiro atoms. The Labute approximate surface area is 275 Å². The quantitative estimate of drug-likeness (QED) is 0.180. The fourth-order valence-corrected chi connectivity index (χ4v) is 8.04. The number of amides is 2. The van der Waals surface area contributed by atoms with Gasteiger partial charge in [0.15, 0.2) is 0 Å². The summed E-state index contributed by atoms with van der Waals surface area (Å²) in [7, 11) is 0. The first-order valence-electron chi connectivity index (χ1n) is 15.0. The summed E-state index contributed by atoms with van der Waals surface area (Å²) in [5.41, 5.74) is 3.91. The Morgan fingerprint density at radius 2 is 1.86 bits per heavy atom. The summed E-state index contributed by atoms with van der Waals surface area (Å²) in [6.07, 6.45) is 2.85. The number of carbonyl (C=O) groups is 2. The minimum atomic E-state index is -1.10. The molecule has 1 aromatic heterocycles. The zero-order chi connectivity index (χ0) is 30.7. The van der Waals surface area contributed by atoms with Crippen LogP contribution in [0.4, 0.5) is 0 Å². The Morgan fingerprint density at radius 1 is 1.11 bits per heavy atom. The SMILES string of the molecule is Cc1ccc(S[C@@]2(C(=O)NCCCN3CCOCC3)CC(=O)N(Cc3ccc(Br)cc3)[C@H]2c2c[nH]c3cc(Cl)ccc23)cc1. The van der Waals surface area contributed by atoms with Crippen LogP contribution in [0.5, 0.6) is 0 Å². The predicted molar refractivity (Wildman–Crippen MR) is 180 cm³/mol. The van der Waals surface area contributed by atoms with Gasteiger partial charge < -0.3 is 19.9 Å². The van der Waals surface area contributed by atoms with Crippen molar-refractivity contribution in [3.63, 3.8) is 0 Å². The molecule has 2 saturated heterocycles. The molecule has 6 rings (SSSR count). The number of aromatic nitrogens is 1. The summed E-state index contributed by atoms with van der Waals surface area (Å²) >= 11 is 11.4. The second-order valence-electron chi connectivity index (χ2n) is 11.5. The van der Waals surface area contributed by atoms with Crippen molar-refractivity contribution in [2.45, 2.75) is 42.0 Å². The molecule has 2 fully saturated rings. The van der Waals surface area contributed by atoms with Crippen LogP contribution < -0.4 is 5.32 Å². The van der Waals surface area contributed by atoms with Crippen LogP contribution in [0.1, 0.15) is 35.6 Å². The van der Waals surface area contributed by atoms with E-state index >= 15 is 0 Å². The number of benzene rings is 3. The van der Waals surface area contributed by atoms with E-state index in [4.69, 9.17) is 16.3 Å². The first kappa shape index (κ1) is 31.2. The maximum atomic E-state index is 14.6. The van der Waals surface area contributed by atoms with Crippen LogP contribution in [0, 0.1) is 6.92 Å². The van der Waals surface area contributed by atoms with E-state index in [0.717, 1.165) is 76.2 Å². The fourth-order valence-electron chi connectivity index (χ4n) is 6.19. The normalized spacial score (nSPS) is 20.8. The number of nitrogens with one attached hydrogen (secondary N) is 2. The van der Waals surface area contributed by atoms with Crippen molar-refractivity contribution >= 4 is 62.0 Å². The highest BCUT2D eigenvalue weighted by Gasteiger charge is 2.58. The van der Waals surface area contributed by atoms with Gasteiger partial charge in [0.2, 0.25) is 11.8 Å². The lowest BCUT2D eigenvalue weighted by Crippen LogP contribution is -2.48. The van der Waals surface area contributed by atoms with Crippen LogP contribution in [0.3, 0.4) is 0 Å². The molecule has 0 aliphatic carbocycles. The average Bonchev–Trinajstić information content (AvgIpc) is 3.55. The van der Waals surface area contributed by atoms with Crippen LogP contribution in [0.2, 0.25) is 5.02 Å². The number of fused-ring (bicyclic) bond motifs is 1. The summed E-state index contributed by atoms with van der Waals surface area (Å²) < 4.78 is 5.35. The average molecular weight is 696 g/mol. The van der Waals surface area contributed by atoms with Gasteiger partial charge in [-0.2, -0.15) is 0 Å². The minimum Gasteiger partial charge on any atom is -0.379 e. The number of H-pyrrole nitrogens is 1. The van der Waals surface area contributed by atoms with E-state index in [0.29, 0.717) is 18.1 Å². The van der Waals surface area contributed by atoms with Gasteiger partial charge in [-0.1, -0.05) is 63.4 Å². The predicted octanol–water partition coefficient (Wildman–Crippen LogP) is 6.74. The molecule has 0 saturated carbocycles. The summed E-state index contributed by atoms with van der Waals surface area (Å²) in [6.45, 7) is 7.17. The number of hydrogen-bond donors (Lipinski definition) is 2. The molecular weight excluding hydrogens is 660 g/mol. The highest BCUT2D eigenvalue weighted by Crippen LogP contribution is 2.54. The smallest absolute Gasteiger partial charge is 0.239 e. The van der Waals surface area contributed by atoms with Gasteiger partial charge in [0.05, 0.1) is 25.7 Å². The second kappa shape index (κ2) is 13.7. The van der Waals surface area contributed by atoms with Crippen molar-refractivity contribution in [2.24, 2.45) is 0 Å². The third-order valence-electron chi connectivity index (χ3n) is 8.47. The topological polar surface area (TPSA) is 77.7 Å². The van der Waals surface area contributed by atoms with E-state index < -0.39 is 10.8 Å². The van der Waals surface area contributed by atoms with Crippen LogP contribution in [0.25, 0.3) is 10.9 Å². The lowest BCUT2D eigenvalue weighted by molar-refractivity contribution is -0.129. The molecule has 0 bridgehead atoms. The van der Waals surface area contributed by atoms with E-state index in [2.05, 4.69) is 43.3 Å². The molecular formula is C34H36BrClN4O3S. The van der Waals surface area contributed by atoms with Crippen molar-refractivity contribution in [1.82, 2.24) is 20.1 Å². The lowest BCUT2D eigenvalue weighted by atomic mass is 9.91. The standard InChI is InChI=1S/C34H36BrClN4O3S/c1-23-3-10-27(11-4-23)44-34(33(42)37-13-2-14-39-15-17-43-18-16-39)20-31(41)40(22-24-5-7-25(35)8-6-24)32(34)29-21-38-30-19-26(36)9-12-28(29)30/h3-12,19,21,32,38H,2,13-18,20,22H2,1H3,(H,37,42)/t32-,34-/m0/s1. The number of aryl methyl sites for hydroxylation is 1. The molecule has 7 nitrogen and oxygen atoms in total. The molecule has 2 aliphatic heterocycles. The van der Waals surface area contributed by atoms with Crippen LogP contribution >= 0.6 is 39.3 Å². The molecule has 44 heavy (non-hydrogen) atoms. The Kier molecular flexibility index (Phi) is 9.68. The monoisotopic (exact) mass is 694 g/mol. The molecule has 4 aromatic rings. The number of hydrogen-bond acceptors (Lipinski definition) is 5. The maximum absolute atomic E-state index is 14.6. The van der Waals surface area contributed by atoms with E-state index in [-0.39, 0.29) is 18.2 Å². The number of carbonyl (C=O) groups excluding carboxylic acids is 2. The molecule has 2 aliphatic rings. The highest BCUT2D eigenvalue weighted by molar-refractivity contribution is 9.10. The molecule has 3 aromatic carbocycles. The van der Waals surface area contributed by atoms with E-state index in [9.17, 15) is 9.59 Å². The number of likely N-dealkylation sites (tertiary alicyclic amines) is 1. The summed E-state index contributed by atoms with van der Waals surface area (Å²) in [4.78, 5) is 37.3. The number of ether oxygens (including phenoxy) is 1. The van der Waals surface area contributed by atoms with Crippen molar-refractivity contribution in [3.8, 4) is 0 Å². The first-order chi connectivity index (χ1) is 21.3. The third kappa shape index (κ3) is 6.72. The summed E-state index contributed by atoms with van der Waals surface area (Å²) in [5.74, 6) is -0.172. The van der Waals surface area contributed by atoms with Crippen molar-refractivity contribution in [2.75, 3.05) is 39.4 Å². The van der Waals surface area contributed by atoms with Gasteiger partial charge in [-0.05, 0) is 61.9 Å². The number of thioether (sulfide) groups is 1. The maximum Gasteiger partial charge on any atom is 0.239 e. The molecule has 0 unspecified atom stereocenters. The molecule has 230 valence electrons. The van der Waals surface area contributed by atoms with Gasteiger partial charge in [-0.25, -0.2) is 0 Å². The largest absolute Gasteiger partial charge is 0.379 e. The van der Waals surface area contributed by atoms with Gasteiger partial charge in [0.1, 0.15) is 4.75 Å². The van der Waals surface area contributed by atoms with Crippen LogP contribution in [-0.4, -0.2) is 70.7 Å². The van der Waals surface area contributed by atoms with Gasteiger partial charge in [-0.3, -0.25) is 14.5 Å². The van der Waals surface area contributed by atoms with Gasteiger partial charge in [-0.15, -0.1) is 11.8 Å². The lowest BCUT2D eigenvalue weighted by Gasteiger charge is -2.36. The van der Waals surface area contributed by atoms with Crippen molar-refractivity contribution in [1.29, 1.82) is 0 Å². The van der Waals surface area contributed by atoms with Gasteiger partial charge in [0.25, 0.3) is 0 Å². The molecule has 10 heteroatoms. The van der Waals surface area contributed by atoms with E-state index in [1.807, 2.05) is 72.6 Å². The second-order valence-corrected chi connectivity index (χ2v) is 14.3. The summed E-state index contributed by atoms with van der Waals surface area (Å²) in [6, 6.07) is 21.4. The Balaban J connectivity index is 1.39. The van der Waals surface area contributed by atoms with Crippen LogP contribution in [-0.2, 0) is 20.9 Å². The number of morpholine rings is 1. The molecule has 2 atom stereocenters. The number of aromatic amines is 1. The Bertz CT molecular complexity index is 1620. The first-order valence-corrected chi connectivity index (χ1v) is 17.0.